The molecule has 0 atom stereocenters. The molecule has 10 heteroatoms. The van der Waals surface area contributed by atoms with E-state index in [4.69, 9.17) is 5.14 Å². The highest BCUT2D eigenvalue weighted by Crippen LogP contribution is 2.39. The summed E-state index contributed by atoms with van der Waals surface area (Å²) in [5.41, 5.74) is 1.89. The van der Waals surface area contributed by atoms with E-state index in [1.807, 2.05) is 19.1 Å². The monoisotopic (exact) mass is 376 g/mol. The molecule has 0 radical (unpaired) electrons. The molecule has 1 saturated carbocycles. The van der Waals surface area contributed by atoms with Crippen molar-refractivity contribution in [2.24, 2.45) is 5.14 Å². The van der Waals surface area contributed by atoms with Gasteiger partial charge < -0.3 is 5.32 Å². The van der Waals surface area contributed by atoms with Gasteiger partial charge in [0.15, 0.2) is 11.6 Å². The Morgan fingerprint density at radius 3 is 2.72 bits per heavy atom. The molecule has 0 bridgehead atoms. The summed E-state index contributed by atoms with van der Waals surface area (Å²) in [6.45, 7) is 1.85. The first kappa shape index (κ1) is 16.2. The molecular weight excluding hydrogens is 360 g/mol. The smallest absolute Gasteiger partial charge is 0.247 e. The van der Waals surface area contributed by atoms with Crippen molar-refractivity contribution in [3.8, 4) is 10.7 Å². The first-order valence-electron chi connectivity index (χ1n) is 7.69. The van der Waals surface area contributed by atoms with Crippen LogP contribution in [0.5, 0.6) is 0 Å². The summed E-state index contributed by atoms with van der Waals surface area (Å²) >= 11 is 1.05. The molecule has 3 aromatic rings. The number of thiophene rings is 1. The van der Waals surface area contributed by atoms with Gasteiger partial charge in [0.1, 0.15) is 10.0 Å². The Kier molecular flexibility index (Phi) is 3.82. The van der Waals surface area contributed by atoms with Crippen molar-refractivity contribution < 1.29 is 8.42 Å². The van der Waals surface area contributed by atoms with Crippen LogP contribution in [0.15, 0.2) is 28.5 Å². The maximum atomic E-state index is 11.4. The van der Waals surface area contributed by atoms with Gasteiger partial charge >= 0.3 is 0 Å². The highest BCUT2D eigenvalue weighted by atomic mass is 32.2. The Balaban J connectivity index is 1.62. The predicted molar refractivity (Wildman–Crippen MR) is 95.3 cm³/mol. The number of hydrogen-bond acceptors (Lipinski definition) is 7. The molecule has 3 heterocycles. The molecule has 0 spiro atoms. The van der Waals surface area contributed by atoms with Crippen molar-refractivity contribution >= 4 is 33.0 Å². The molecular formula is C15H16N6O2S2. The third-order valence-electron chi connectivity index (χ3n) is 3.81. The van der Waals surface area contributed by atoms with Gasteiger partial charge in [-0.1, -0.05) is 0 Å². The molecule has 4 N–H and O–H groups in total. The van der Waals surface area contributed by atoms with E-state index < -0.39 is 10.0 Å². The molecule has 1 fully saturated rings. The van der Waals surface area contributed by atoms with Crippen LogP contribution < -0.4 is 10.5 Å². The minimum absolute atomic E-state index is 0.0866. The zero-order chi connectivity index (χ0) is 17.6. The maximum absolute atomic E-state index is 11.4. The molecule has 1 aliphatic rings. The lowest BCUT2D eigenvalue weighted by Crippen LogP contribution is -2.09. The van der Waals surface area contributed by atoms with Crippen LogP contribution >= 0.6 is 11.3 Å². The third-order valence-corrected chi connectivity index (χ3v) is 6.33. The van der Waals surface area contributed by atoms with E-state index in [1.165, 1.54) is 18.9 Å². The van der Waals surface area contributed by atoms with Crippen molar-refractivity contribution in [2.75, 3.05) is 5.32 Å². The average molecular weight is 376 g/mol. The lowest BCUT2D eigenvalue weighted by atomic mass is 10.3. The maximum Gasteiger partial charge on any atom is 0.247 e. The Hall–Kier alpha value is -2.30. The van der Waals surface area contributed by atoms with Gasteiger partial charge in [-0.25, -0.2) is 23.5 Å². The Morgan fingerprint density at radius 2 is 2.04 bits per heavy atom. The van der Waals surface area contributed by atoms with Crippen molar-refractivity contribution in [3.05, 3.63) is 35.7 Å². The average Bonchev–Trinajstić information content (AvgIpc) is 3.07. The van der Waals surface area contributed by atoms with Crippen LogP contribution in [0.2, 0.25) is 0 Å². The molecule has 3 aromatic heterocycles. The number of aryl methyl sites for hydroxylation is 1. The van der Waals surface area contributed by atoms with E-state index in [9.17, 15) is 8.42 Å². The summed E-state index contributed by atoms with van der Waals surface area (Å²) in [5, 5.41) is 15.6. The van der Waals surface area contributed by atoms with Gasteiger partial charge in [-0.2, -0.15) is 5.10 Å². The molecule has 0 unspecified atom stereocenters. The van der Waals surface area contributed by atoms with E-state index in [0.717, 1.165) is 22.7 Å². The van der Waals surface area contributed by atoms with Crippen molar-refractivity contribution in [3.63, 3.8) is 0 Å². The summed E-state index contributed by atoms with van der Waals surface area (Å²) in [6, 6.07) is 6.91. The fraction of sp³-hybridized carbons (Fsp3) is 0.267. The van der Waals surface area contributed by atoms with Crippen LogP contribution in [0.25, 0.3) is 10.7 Å². The van der Waals surface area contributed by atoms with Gasteiger partial charge in [-0.15, -0.1) is 11.3 Å². The molecule has 4 rings (SSSR count). The van der Waals surface area contributed by atoms with E-state index in [2.05, 4.69) is 25.5 Å². The minimum Gasteiger partial charge on any atom is -0.323 e. The topological polar surface area (TPSA) is 127 Å². The lowest BCUT2D eigenvalue weighted by molar-refractivity contribution is 0.600. The summed E-state index contributed by atoms with van der Waals surface area (Å²) in [4.78, 5) is 9.48. The first-order valence-corrected chi connectivity index (χ1v) is 10.1. The summed E-state index contributed by atoms with van der Waals surface area (Å²) in [7, 11) is -3.73. The molecule has 0 amide bonds. The Bertz CT molecular complexity index is 1040. The Labute approximate surface area is 148 Å². The number of H-pyrrole nitrogens is 1. The lowest BCUT2D eigenvalue weighted by Gasteiger charge is -2.05. The van der Waals surface area contributed by atoms with Crippen LogP contribution in [-0.2, 0) is 10.0 Å². The van der Waals surface area contributed by atoms with Gasteiger partial charge in [0.25, 0.3) is 0 Å². The number of aromatic amines is 1. The quantitative estimate of drug-likeness (QED) is 0.628. The second kappa shape index (κ2) is 5.90. The van der Waals surface area contributed by atoms with Crippen LogP contribution in [0.1, 0.15) is 30.1 Å². The fourth-order valence-electron chi connectivity index (χ4n) is 2.47. The van der Waals surface area contributed by atoms with E-state index in [0.29, 0.717) is 28.3 Å². The molecule has 0 saturated heterocycles. The highest BCUT2D eigenvalue weighted by molar-refractivity contribution is 7.91. The van der Waals surface area contributed by atoms with E-state index >= 15 is 0 Å². The SMILES string of the molecule is Cc1cc(Nc2cc(C3CC3)[nH]n2)nc(-c2ccc(S(N)(=O)=O)s2)n1. The number of nitrogens with zero attached hydrogens (tertiary/aromatic N) is 3. The second-order valence-electron chi connectivity index (χ2n) is 5.99. The predicted octanol–water partition coefficient (Wildman–Crippen LogP) is 2.51. The number of hydrogen-bond donors (Lipinski definition) is 3. The first-order chi connectivity index (χ1) is 11.9. The van der Waals surface area contributed by atoms with Crippen molar-refractivity contribution in [1.29, 1.82) is 0 Å². The number of aromatic nitrogens is 4. The third kappa shape index (κ3) is 3.55. The molecule has 1 aliphatic carbocycles. The van der Waals surface area contributed by atoms with Gasteiger partial charge in [0.05, 0.1) is 4.88 Å². The second-order valence-corrected chi connectivity index (χ2v) is 8.86. The number of nitrogens with one attached hydrogen (secondary N) is 2. The molecule has 8 nitrogen and oxygen atoms in total. The van der Waals surface area contributed by atoms with E-state index in [1.54, 1.807) is 6.07 Å². The number of rotatable bonds is 5. The van der Waals surface area contributed by atoms with Gasteiger partial charge in [0, 0.05) is 29.4 Å². The van der Waals surface area contributed by atoms with Gasteiger partial charge in [0.2, 0.25) is 10.0 Å². The van der Waals surface area contributed by atoms with Crippen LogP contribution in [-0.4, -0.2) is 28.6 Å². The minimum atomic E-state index is -3.73. The fourth-order valence-corrected chi connectivity index (χ4v) is 4.13. The van der Waals surface area contributed by atoms with Crippen molar-refractivity contribution in [2.45, 2.75) is 29.9 Å². The standard InChI is InChI=1S/C15H16N6O2S2/c1-8-6-12(18-13-7-10(20-21-13)9-2-3-9)19-15(17-8)11-4-5-14(24-11)25(16,22)23/h4-7,9H,2-3H2,1H3,(H2,16,22,23)(H2,17,18,19,20,21). The van der Waals surface area contributed by atoms with Crippen LogP contribution in [0.3, 0.4) is 0 Å². The zero-order valence-corrected chi connectivity index (χ0v) is 15.0. The van der Waals surface area contributed by atoms with Gasteiger partial charge in [-0.05, 0) is 31.9 Å². The summed E-state index contributed by atoms with van der Waals surface area (Å²) < 4.78 is 23.0. The zero-order valence-electron chi connectivity index (χ0n) is 13.4. The molecule has 25 heavy (non-hydrogen) atoms. The van der Waals surface area contributed by atoms with Crippen molar-refractivity contribution in [1.82, 2.24) is 20.2 Å². The summed E-state index contributed by atoms with van der Waals surface area (Å²) in [6.07, 6.45) is 2.40. The Morgan fingerprint density at radius 1 is 1.24 bits per heavy atom. The van der Waals surface area contributed by atoms with E-state index in [-0.39, 0.29) is 4.21 Å². The summed E-state index contributed by atoms with van der Waals surface area (Å²) in [5.74, 6) is 2.33. The van der Waals surface area contributed by atoms with Crippen LogP contribution in [0.4, 0.5) is 11.6 Å². The molecule has 0 aliphatic heterocycles. The number of primary sulfonamides is 1. The number of nitrogens with two attached hydrogens (primary N) is 1. The highest BCUT2D eigenvalue weighted by Gasteiger charge is 2.25. The van der Waals surface area contributed by atoms with Gasteiger partial charge in [-0.3, -0.25) is 5.10 Å². The normalized spacial score (nSPS) is 14.6. The molecule has 130 valence electrons. The molecule has 0 aromatic carbocycles. The largest absolute Gasteiger partial charge is 0.323 e. The number of anilines is 2. The van der Waals surface area contributed by atoms with Crippen LogP contribution in [0, 0.1) is 6.92 Å². The number of sulfonamides is 1.